The summed E-state index contributed by atoms with van der Waals surface area (Å²) >= 11 is 0. The molecule has 2 saturated heterocycles. The summed E-state index contributed by atoms with van der Waals surface area (Å²) in [6.07, 6.45) is 3.03. The van der Waals surface area contributed by atoms with Gasteiger partial charge in [0.2, 0.25) is 0 Å². The smallest absolute Gasteiger partial charge is 0.407 e. The maximum absolute atomic E-state index is 13.3. The van der Waals surface area contributed by atoms with Crippen molar-refractivity contribution in [3.63, 3.8) is 0 Å². The number of ether oxygens (including phenoxy) is 1. The molecule has 3 heterocycles. The number of pyridine rings is 1. The molecule has 2 aliphatic heterocycles. The largest absolute Gasteiger partial charge is 0.444 e. The number of alkyl carbamates (subject to hydrolysis) is 1. The Kier molecular flexibility index (Phi) is 8.47. The fourth-order valence-corrected chi connectivity index (χ4v) is 5.90. The van der Waals surface area contributed by atoms with Gasteiger partial charge >= 0.3 is 6.09 Å². The molecule has 208 valence electrons. The van der Waals surface area contributed by atoms with Gasteiger partial charge in [0.15, 0.2) is 0 Å². The number of hydrogen-bond acceptors (Lipinski definition) is 6. The molecule has 1 aromatic carbocycles. The Morgan fingerprint density at radius 2 is 1.79 bits per heavy atom. The van der Waals surface area contributed by atoms with Crippen LogP contribution in [0.2, 0.25) is 0 Å². The average Bonchev–Trinajstić information content (AvgIpc) is 3.04. The zero-order chi connectivity index (χ0) is 27.6. The summed E-state index contributed by atoms with van der Waals surface area (Å²) in [6.45, 7) is 10.2. The van der Waals surface area contributed by atoms with Gasteiger partial charge in [0.1, 0.15) is 11.2 Å². The monoisotopic (exact) mass is 526 g/mol. The molecule has 0 radical (unpaired) electrons. The number of nitrogens with zero attached hydrogens (tertiary/aromatic N) is 2. The van der Waals surface area contributed by atoms with E-state index in [0.29, 0.717) is 19.5 Å². The van der Waals surface area contributed by atoms with Gasteiger partial charge in [0.25, 0.3) is 11.5 Å². The molecule has 2 fully saturated rings. The predicted octanol–water partition coefficient (Wildman–Crippen LogP) is 3.58. The van der Waals surface area contributed by atoms with Crippen LogP contribution in [-0.4, -0.2) is 69.5 Å². The normalized spacial score (nSPS) is 22.4. The third-order valence-corrected chi connectivity index (χ3v) is 7.49. The number of amides is 2. The molecule has 4 rings (SSSR count). The van der Waals surface area contributed by atoms with Gasteiger partial charge in [-0.3, -0.25) is 14.5 Å². The van der Waals surface area contributed by atoms with Crippen LogP contribution in [0.15, 0.2) is 35.1 Å². The minimum atomic E-state index is -0.564. The number of para-hydroxylation sites is 1. The number of aliphatic hydroxyl groups excluding tert-OH is 1. The molecule has 9 nitrogen and oxygen atoms in total. The fourth-order valence-electron chi connectivity index (χ4n) is 5.90. The Bertz CT molecular complexity index is 1200. The van der Waals surface area contributed by atoms with E-state index < -0.39 is 17.8 Å². The van der Waals surface area contributed by atoms with Gasteiger partial charge in [-0.2, -0.15) is 0 Å². The number of carbonyl (C=O) groups is 2. The van der Waals surface area contributed by atoms with E-state index in [1.807, 2.05) is 58.9 Å². The number of aromatic nitrogens is 1. The molecule has 9 heteroatoms. The lowest BCUT2D eigenvalue weighted by molar-refractivity contribution is 0.0420. The summed E-state index contributed by atoms with van der Waals surface area (Å²) in [4.78, 5) is 40.7. The van der Waals surface area contributed by atoms with Crippen molar-refractivity contribution in [1.82, 2.24) is 20.1 Å². The van der Waals surface area contributed by atoms with Crippen LogP contribution in [0.5, 0.6) is 0 Å². The van der Waals surface area contributed by atoms with Crippen LogP contribution in [0.25, 0.3) is 10.9 Å². The summed E-state index contributed by atoms with van der Waals surface area (Å²) in [6, 6.07) is 9.83. The van der Waals surface area contributed by atoms with Crippen molar-refractivity contribution < 1.29 is 19.4 Å². The van der Waals surface area contributed by atoms with Gasteiger partial charge in [-0.25, -0.2) is 4.79 Å². The van der Waals surface area contributed by atoms with Gasteiger partial charge in [-0.05, 0) is 84.2 Å². The van der Waals surface area contributed by atoms with Gasteiger partial charge < -0.3 is 25.0 Å². The summed E-state index contributed by atoms with van der Waals surface area (Å²) in [5, 5.41) is 17.3. The van der Waals surface area contributed by atoms with Crippen molar-refractivity contribution in [2.45, 2.75) is 103 Å². The first kappa shape index (κ1) is 28.1. The van der Waals surface area contributed by atoms with Crippen LogP contribution in [0.4, 0.5) is 4.79 Å². The average molecular weight is 527 g/mol. The SMILES string of the molecule is CC(C)n1c(=O)c(C(=O)NC2C[C@H]3CC[C@@H](C2)N3CC(O)CCNC(=O)OC(C)(C)C)cc2ccccc21. The van der Waals surface area contributed by atoms with E-state index in [0.717, 1.165) is 36.6 Å². The first-order valence-corrected chi connectivity index (χ1v) is 13.8. The lowest BCUT2D eigenvalue weighted by atomic mass is 9.96. The molecule has 2 amide bonds. The molecule has 1 aromatic heterocycles. The molecule has 3 N–H and O–H groups in total. The van der Waals surface area contributed by atoms with Crippen molar-refractivity contribution >= 4 is 22.9 Å². The lowest BCUT2D eigenvalue weighted by Crippen LogP contribution is -2.52. The lowest BCUT2D eigenvalue weighted by Gasteiger charge is -2.40. The van der Waals surface area contributed by atoms with Crippen LogP contribution in [0.3, 0.4) is 0 Å². The minimum Gasteiger partial charge on any atom is -0.444 e. The van der Waals surface area contributed by atoms with Crippen LogP contribution < -0.4 is 16.2 Å². The maximum atomic E-state index is 13.3. The number of piperidine rings is 1. The first-order chi connectivity index (χ1) is 17.9. The molecular weight excluding hydrogens is 484 g/mol. The van der Waals surface area contributed by atoms with Crippen molar-refractivity contribution in [2.24, 2.45) is 0 Å². The summed E-state index contributed by atoms with van der Waals surface area (Å²) in [7, 11) is 0. The van der Waals surface area contributed by atoms with E-state index in [1.165, 1.54) is 0 Å². The van der Waals surface area contributed by atoms with Crippen LogP contribution >= 0.6 is 0 Å². The molecular formula is C29H42N4O5. The molecule has 2 aromatic rings. The van der Waals surface area contributed by atoms with Crippen LogP contribution in [0.1, 0.15) is 83.1 Å². The molecule has 38 heavy (non-hydrogen) atoms. The highest BCUT2D eigenvalue weighted by molar-refractivity contribution is 5.97. The van der Waals surface area contributed by atoms with Crippen molar-refractivity contribution in [3.05, 3.63) is 46.2 Å². The topological polar surface area (TPSA) is 113 Å². The van der Waals surface area contributed by atoms with E-state index in [9.17, 15) is 19.5 Å². The second-order valence-electron chi connectivity index (χ2n) is 12.0. The van der Waals surface area contributed by atoms with Crippen molar-refractivity contribution in [1.29, 1.82) is 0 Å². The Hall–Kier alpha value is -2.91. The summed E-state index contributed by atoms with van der Waals surface area (Å²) in [5.41, 5.74) is 0.191. The van der Waals surface area contributed by atoms with Crippen molar-refractivity contribution in [3.8, 4) is 0 Å². The molecule has 2 aliphatic rings. The molecule has 0 saturated carbocycles. The van der Waals surface area contributed by atoms with E-state index in [1.54, 1.807) is 10.6 Å². The Morgan fingerprint density at radius 1 is 1.13 bits per heavy atom. The third-order valence-electron chi connectivity index (χ3n) is 7.49. The Morgan fingerprint density at radius 3 is 2.42 bits per heavy atom. The number of benzene rings is 1. The van der Waals surface area contributed by atoms with Crippen molar-refractivity contribution in [2.75, 3.05) is 13.1 Å². The third kappa shape index (κ3) is 6.56. The number of carbonyl (C=O) groups excluding carboxylic acids is 2. The number of aliphatic hydroxyl groups is 1. The predicted molar refractivity (Wildman–Crippen MR) is 147 cm³/mol. The van der Waals surface area contributed by atoms with Crippen LogP contribution in [0, 0.1) is 0 Å². The second-order valence-corrected chi connectivity index (χ2v) is 12.0. The number of nitrogens with one attached hydrogen (secondary N) is 2. The first-order valence-electron chi connectivity index (χ1n) is 13.8. The number of fused-ring (bicyclic) bond motifs is 3. The van der Waals surface area contributed by atoms with Gasteiger partial charge in [-0.1, -0.05) is 18.2 Å². The Labute approximate surface area is 224 Å². The van der Waals surface area contributed by atoms with E-state index in [2.05, 4.69) is 15.5 Å². The highest BCUT2D eigenvalue weighted by Gasteiger charge is 2.41. The van der Waals surface area contributed by atoms with Gasteiger partial charge in [0.05, 0.1) is 11.6 Å². The standard InChI is InChI=1S/C29H42N4O5/c1-18(2)33-25-9-7-6-8-19(25)14-24(27(33)36)26(35)31-20-15-21-10-11-22(16-20)32(21)17-23(34)12-13-30-28(37)38-29(3,4)5/h6-9,14,18,20-23,34H,10-13,15-17H2,1-5H3,(H,30,37)(H,31,35)/t20?,21-,22+,23?. The van der Waals surface area contributed by atoms with Crippen LogP contribution in [-0.2, 0) is 4.74 Å². The number of hydrogen-bond donors (Lipinski definition) is 3. The van der Waals surface area contributed by atoms with E-state index in [-0.39, 0.29) is 41.2 Å². The van der Waals surface area contributed by atoms with Gasteiger partial charge in [-0.15, -0.1) is 0 Å². The zero-order valence-corrected chi connectivity index (χ0v) is 23.2. The molecule has 2 unspecified atom stereocenters. The molecule has 4 atom stereocenters. The second kappa shape index (κ2) is 11.5. The van der Waals surface area contributed by atoms with Gasteiger partial charge in [0, 0.05) is 37.3 Å². The molecule has 0 spiro atoms. The minimum absolute atomic E-state index is 0.0133. The quantitative estimate of drug-likeness (QED) is 0.485. The van der Waals surface area contributed by atoms with E-state index >= 15 is 0 Å². The summed E-state index contributed by atoms with van der Waals surface area (Å²) in [5.74, 6) is -0.318. The fraction of sp³-hybridized carbons (Fsp3) is 0.621. The number of rotatable bonds is 8. The molecule has 0 aliphatic carbocycles. The zero-order valence-electron chi connectivity index (χ0n) is 23.2. The molecule has 2 bridgehead atoms. The summed E-state index contributed by atoms with van der Waals surface area (Å²) < 4.78 is 6.93. The highest BCUT2D eigenvalue weighted by Crippen LogP contribution is 2.36. The highest BCUT2D eigenvalue weighted by atomic mass is 16.6. The Balaban J connectivity index is 1.33. The van der Waals surface area contributed by atoms with E-state index in [4.69, 9.17) is 4.74 Å². The maximum Gasteiger partial charge on any atom is 0.407 e.